The van der Waals surface area contributed by atoms with Crippen LogP contribution >= 0.6 is 0 Å². The summed E-state index contributed by atoms with van der Waals surface area (Å²) >= 11 is 0. The normalized spacial score (nSPS) is 12.2. The van der Waals surface area contributed by atoms with Gasteiger partial charge in [-0.05, 0) is 12.1 Å². The molecule has 1 aliphatic carbocycles. The van der Waals surface area contributed by atoms with Crippen LogP contribution in [0.2, 0.25) is 0 Å². The molecule has 94 valence electrons. The second-order valence-electron chi connectivity index (χ2n) is 4.32. The molecule has 4 nitrogen and oxygen atoms in total. The molecule has 0 saturated carbocycles. The Labute approximate surface area is 112 Å². The van der Waals surface area contributed by atoms with Gasteiger partial charge in [-0.15, -0.1) is 0 Å². The van der Waals surface area contributed by atoms with Crippen molar-refractivity contribution in [3.05, 3.63) is 69.1 Å². The highest BCUT2D eigenvalue weighted by Gasteiger charge is 2.30. The number of carbonyl (C=O) groups is 2. The summed E-state index contributed by atoms with van der Waals surface area (Å²) in [6.07, 6.45) is 0. The number of hydrogen-bond donors (Lipinski definition) is 0. The third-order valence-electron chi connectivity index (χ3n) is 3.31. The molecule has 0 aliphatic heterocycles. The maximum atomic E-state index is 12.4. The highest BCUT2D eigenvalue weighted by molar-refractivity contribution is 6.28. The van der Waals surface area contributed by atoms with Gasteiger partial charge in [0.1, 0.15) is 11.9 Å². The van der Waals surface area contributed by atoms with Gasteiger partial charge >= 0.3 is 0 Å². The maximum Gasteiger partial charge on any atom is 0.195 e. The molecule has 4 heteroatoms. The van der Waals surface area contributed by atoms with Crippen LogP contribution in [0.25, 0.3) is 0 Å². The van der Waals surface area contributed by atoms with Gasteiger partial charge in [-0.25, -0.2) is 9.59 Å². The van der Waals surface area contributed by atoms with Gasteiger partial charge in [0.05, 0.1) is 16.0 Å². The van der Waals surface area contributed by atoms with E-state index in [9.17, 15) is 19.2 Å². The first kappa shape index (κ1) is 12.0. The minimum atomic E-state index is -0.453. The molecule has 0 fully saturated rings. The molecule has 0 N–H and O–H groups in total. The van der Waals surface area contributed by atoms with Crippen LogP contribution in [0.1, 0.15) is 31.8 Å². The minimum absolute atomic E-state index is 0.0652. The molecule has 0 amide bonds. The van der Waals surface area contributed by atoms with Gasteiger partial charge < -0.3 is 0 Å². The largest absolute Gasteiger partial charge is 0.289 e. The zero-order valence-corrected chi connectivity index (χ0v) is 10.1. The second kappa shape index (κ2) is 4.25. The molecule has 3 rings (SSSR count). The number of carbonyl (C=O) groups excluding carboxylic acids is 4. The SMILES string of the molecule is O=C=c1ccc2c(c1=C=O)C(=O)c1ccccc1C2=O. The molecule has 0 bridgehead atoms. The first-order valence-electron chi connectivity index (χ1n) is 5.80. The van der Waals surface area contributed by atoms with Crippen LogP contribution in [-0.2, 0) is 9.59 Å². The van der Waals surface area contributed by atoms with Crippen molar-refractivity contribution >= 4 is 23.4 Å². The van der Waals surface area contributed by atoms with Crippen molar-refractivity contribution in [3.63, 3.8) is 0 Å². The van der Waals surface area contributed by atoms with E-state index in [-0.39, 0.29) is 32.9 Å². The second-order valence-corrected chi connectivity index (χ2v) is 4.32. The molecule has 0 radical (unpaired) electrons. The molecule has 2 aromatic carbocycles. The van der Waals surface area contributed by atoms with E-state index < -0.39 is 5.78 Å². The van der Waals surface area contributed by atoms with E-state index in [0.29, 0.717) is 5.56 Å². The number of hydrogen-bond acceptors (Lipinski definition) is 4. The van der Waals surface area contributed by atoms with E-state index in [0.717, 1.165) is 0 Å². The Kier molecular flexibility index (Phi) is 2.55. The van der Waals surface area contributed by atoms with E-state index in [1.165, 1.54) is 18.2 Å². The number of benzene rings is 2. The molecule has 0 unspecified atom stereocenters. The Balaban J connectivity index is 2.53. The predicted molar refractivity (Wildman–Crippen MR) is 68.6 cm³/mol. The highest BCUT2D eigenvalue weighted by Crippen LogP contribution is 2.24. The fourth-order valence-electron chi connectivity index (χ4n) is 2.38. The third-order valence-corrected chi connectivity index (χ3v) is 3.31. The Morgan fingerprint density at radius 3 is 1.95 bits per heavy atom. The molecule has 0 heterocycles. The van der Waals surface area contributed by atoms with Crippen molar-refractivity contribution in [1.29, 1.82) is 0 Å². The van der Waals surface area contributed by atoms with Crippen LogP contribution in [0.4, 0.5) is 0 Å². The Morgan fingerprint density at radius 1 is 0.700 bits per heavy atom. The first-order valence-corrected chi connectivity index (χ1v) is 5.80. The number of ketones is 2. The van der Waals surface area contributed by atoms with Gasteiger partial charge in [0, 0.05) is 16.7 Å². The minimum Gasteiger partial charge on any atom is -0.289 e. The third kappa shape index (κ3) is 1.44. The summed E-state index contributed by atoms with van der Waals surface area (Å²) < 4.78 is 0. The summed E-state index contributed by atoms with van der Waals surface area (Å²) in [6, 6.07) is 9.04. The smallest absolute Gasteiger partial charge is 0.195 e. The van der Waals surface area contributed by atoms with Crippen LogP contribution < -0.4 is 10.4 Å². The van der Waals surface area contributed by atoms with Crippen molar-refractivity contribution in [2.75, 3.05) is 0 Å². The average Bonchev–Trinajstić information content (AvgIpc) is 2.51. The van der Waals surface area contributed by atoms with Crippen LogP contribution in [-0.4, -0.2) is 23.4 Å². The summed E-state index contributed by atoms with van der Waals surface area (Å²) in [5.74, 6) is 2.35. The van der Waals surface area contributed by atoms with Gasteiger partial charge in [0.15, 0.2) is 11.6 Å². The van der Waals surface area contributed by atoms with Crippen LogP contribution in [0.15, 0.2) is 36.4 Å². The molecule has 0 saturated heterocycles. The first-order chi connectivity index (χ1) is 9.69. The van der Waals surface area contributed by atoms with Crippen LogP contribution in [0, 0.1) is 0 Å². The Morgan fingerprint density at radius 2 is 1.35 bits per heavy atom. The number of rotatable bonds is 0. The molecule has 0 atom stereocenters. The zero-order chi connectivity index (χ0) is 14.3. The van der Waals surface area contributed by atoms with E-state index in [2.05, 4.69) is 0 Å². The standard InChI is InChI=1S/C16H6O4/c17-7-9-5-6-12-14(13(9)8-18)16(20)11-4-2-1-3-10(11)15(12)19/h1-6H. The highest BCUT2D eigenvalue weighted by atomic mass is 16.1. The zero-order valence-electron chi connectivity index (χ0n) is 10.1. The average molecular weight is 262 g/mol. The quantitative estimate of drug-likeness (QED) is 0.546. The van der Waals surface area contributed by atoms with Crippen LogP contribution in [0.5, 0.6) is 0 Å². The van der Waals surface area contributed by atoms with Crippen molar-refractivity contribution in [2.45, 2.75) is 0 Å². The molecular formula is C16H6O4. The molecule has 20 heavy (non-hydrogen) atoms. The molecule has 0 aromatic heterocycles. The van der Waals surface area contributed by atoms with Gasteiger partial charge in [-0.1, -0.05) is 24.3 Å². The maximum absolute atomic E-state index is 12.4. The monoisotopic (exact) mass is 262 g/mol. The van der Waals surface area contributed by atoms with Crippen molar-refractivity contribution in [2.24, 2.45) is 0 Å². The van der Waals surface area contributed by atoms with E-state index in [1.807, 2.05) is 0 Å². The predicted octanol–water partition coefficient (Wildman–Crippen LogP) is -0.532. The van der Waals surface area contributed by atoms with Gasteiger partial charge in [-0.3, -0.25) is 9.59 Å². The van der Waals surface area contributed by atoms with E-state index in [1.54, 1.807) is 30.1 Å². The van der Waals surface area contributed by atoms with E-state index >= 15 is 0 Å². The summed E-state index contributed by atoms with van der Waals surface area (Å²) in [4.78, 5) is 46.6. The summed E-state index contributed by atoms with van der Waals surface area (Å²) in [5.41, 5.74) is 0.574. The fourth-order valence-corrected chi connectivity index (χ4v) is 2.38. The molecule has 0 spiro atoms. The fraction of sp³-hybridized carbons (Fsp3) is 0. The molecule has 2 aromatic rings. The lowest BCUT2D eigenvalue weighted by Crippen LogP contribution is -2.38. The van der Waals surface area contributed by atoms with Crippen molar-refractivity contribution in [1.82, 2.24) is 0 Å². The van der Waals surface area contributed by atoms with Crippen molar-refractivity contribution in [3.8, 4) is 0 Å². The van der Waals surface area contributed by atoms with E-state index in [4.69, 9.17) is 0 Å². The summed E-state index contributed by atoms with van der Waals surface area (Å²) in [7, 11) is 0. The molecule has 1 aliphatic rings. The lowest BCUT2D eigenvalue weighted by atomic mass is 9.83. The summed E-state index contributed by atoms with van der Waals surface area (Å²) in [6.45, 7) is 0. The Bertz CT molecular complexity index is 943. The van der Waals surface area contributed by atoms with Crippen molar-refractivity contribution < 1.29 is 19.2 Å². The number of fused-ring (bicyclic) bond motifs is 2. The van der Waals surface area contributed by atoms with Crippen LogP contribution in [0.3, 0.4) is 0 Å². The summed E-state index contributed by atoms with van der Waals surface area (Å²) in [5, 5.41) is -0.273. The van der Waals surface area contributed by atoms with Gasteiger partial charge in [-0.2, -0.15) is 0 Å². The lowest BCUT2D eigenvalue weighted by molar-refractivity contribution is 0.0978. The Hall–Kier alpha value is -3.06. The van der Waals surface area contributed by atoms with Gasteiger partial charge in [0.2, 0.25) is 0 Å². The topological polar surface area (TPSA) is 68.3 Å². The van der Waals surface area contributed by atoms with Gasteiger partial charge in [0.25, 0.3) is 0 Å². The lowest BCUT2D eigenvalue weighted by Gasteiger charge is -2.16. The molecular weight excluding hydrogens is 256 g/mol.